The van der Waals surface area contributed by atoms with Crippen LogP contribution in [0.15, 0.2) is 48.5 Å². The molecule has 0 saturated carbocycles. The number of hydrogen-bond donors (Lipinski definition) is 1. The second-order valence-electron chi connectivity index (χ2n) is 7.76. The number of nitrogens with one attached hydrogen (secondary N) is 1. The van der Waals surface area contributed by atoms with Gasteiger partial charge in [0.15, 0.2) is 0 Å². The van der Waals surface area contributed by atoms with E-state index in [1.54, 1.807) is 0 Å². The van der Waals surface area contributed by atoms with E-state index in [4.69, 9.17) is 14.7 Å². The van der Waals surface area contributed by atoms with Gasteiger partial charge in [-0.15, -0.1) is 0 Å². The quantitative estimate of drug-likeness (QED) is 0.716. The molecule has 0 spiro atoms. The van der Waals surface area contributed by atoms with Gasteiger partial charge in [0.25, 0.3) is 0 Å². The third-order valence-corrected chi connectivity index (χ3v) is 5.72. The topological polar surface area (TPSA) is 53.5 Å². The Morgan fingerprint density at radius 1 is 0.862 bits per heavy atom. The van der Waals surface area contributed by atoms with Crippen LogP contribution in [0, 0.1) is 0 Å². The number of aromatic nitrogens is 2. The maximum atomic E-state index is 5.45. The molecule has 2 aliphatic rings. The fourth-order valence-corrected chi connectivity index (χ4v) is 4.15. The number of benzene rings is 2. The van der Waals surface area contributed by atoms with Crippen molar-refractivity contribution >= 4 is 28.1 Å². The summed E-state index contributed by atoms with van der Waals surface area (Å²) in [5, 5.41) is 4.58. The third kappa shape index (κ3) is 4.18. The Balaban J connectivity index is 1.39. The fourth-order valence-electron chi connectivity index (χ4n) is 4.15. The van der Waals surface area contributed by atoms with Gasteiger partial charge in [0.05, 0.1) is 25.3 Å². The van der Waals surface area contributed by atoms with Crippen molar-refractivity contribution in [1.29, 1.82) is 0 Å². The molecule has 2 aromatic carbocycles. The van der Waals surface area contributed by atoms with Crippen LogP contribution in [0.2, 0.25) is 0 Å². The van der Waals surface area contributed by atoms with E-state index in [2.05, 4.69) is 51.5 Å². The summed E-state index contributed by atoms with van der Waals surface area (Å²) in [6, 6.07) is 16.8. The number of fused-ring (bicyclic) bond motifs is 1. The van der Waals surface area contributed by atoms with Crippen LogP contribution < -0.4 is 10.2 Å². The van der Waals surface area contributed by atoms with Gasteiger partial charge in [-0.05, 0) is 62.3 Å². The number of ether oxygens (including phenoxy) is 1. The van der Waals surface area contributed by atoms with Crippen molar-refractivity contribution in [2.75, 3.05) is 49.6 Å². The number of para-hydroxylation sites is 1. The van der Waals surface area contributed by atoms with E-state index in [9.17, 15) is 0 Å². The zero-order chi connectivity index (χ0) is 19.5. The van der Waals surface area contributed by atoms with Crippen LogP contribution in [0.4, 0.5) is 17.2 Å². The molecule has 0 bridgehead atoms. The molecule has 6 nitrogen and oxygen atoms in total. The maximum absolute atomic E-state index is 5.45. The highest BCUT2D eigenvalue weighted by molar-refractivity contribution is 5.90. The molecule has 2 saturated heterocycles. The van der Waals surface area contributed by atoms with E-state index in [1.807, 2.05) is 12.1 Å². The van der Waals surface area contributed by atoms with Crippen molar-refractivity contribution in [2.45, 2.75) is 19.4 Å². The van der Waals surface area contributed by atoms with Gasteiger partial charge in [-0.2, -0.15) is 0 Å². The summed E-state index contributed by atoms with van der Waals surface area (Å²) in [6.07, 6.45) is 2.54. The average molecular weight is 390 g/mol. The van der Waals surface area contributed by atoms with Crippen LogP contribution in [0.3, 0.4) is 0 Å². The lowest BCUT2D eigenvalue weighted by Crippen LogP contribution is -2.36. The lowest BCUT2D eigenvalue weighted by atomic mass is 10.2. The first-order valence-corrected chi connectivity index (χ1v) is 10.5. The van der Waals surface area contributed by atoms with Crippen molar-refractivity contribution < 1.29 is 4.74 Å². The molecule has 3 aromatic rings. The molecule has 6 heteroatoms. The molecule has 0 amide bonds. The molecule has 0 unspecified atom stereocenters. The number of likely N-dealkylation sites (tertiary alicyclic amines) is 1. The molecule has 5 rings (SSSR count). The van der Waals surface area contributed by atoms with Crippen LogP contribution in [-0.4, -0.2) is 54.3 Å². The first-order valence-electron chi connectivity index (χ1n) is 10.5. The van der Waals surface area contributed by atoms with E-state index < -0.39 is 0 Å². The summed E-state index contributed by atoms with van der Waals surface area (Å²) in [6.45, 7) is 6.59. The minimum atomic E-state index is 0.798. The zero-order valence-electron chi connectivity index (χ0n) is 16.7. The van der Waals surface area contributed by atoms with Crippen molar-refractivity contribution in [3.63, 3.8) is 0 Å². The molecule has 29 heavy (non-hydrogen) atoms. The Morgan fingerprint density at radius 3 is 2.41 bits per heavy atom. The largest absolute Gasteiger partial charge is 0.378 e. The van der Waals surface area contributed by atoms with Crippen LogP contribution in [0.5, 0.6) is 0 Å². The van der Waals surface area contributed by atoms with Crippen molar-refractivity contribution in [3.8, 4) is 0 Å². The molecule has 1 aromatic heterocycles. The summed E-state index contributed by atoms with van der Waals surface area (Å²) >= 11 is 0. The summed E-state index contributed by atoms with van der Waals surface area (Å²) < 4.78 is 5.45. The molecule has 150 valence electrons. The Kier molecular flexibility index (Phi) is 5.28. The van der Waals surface area contributed by atoms with E-state index in [0.717, 1.165) is 74.2 Å². The van der Waals surface area contributed by atoms with Gasteiger partial charge in [0.1, 0.15) is 11.6 Å². The second-order valence-corrected chi connectivity index (χ2v) is 7.76. The molecular weight excluding hydrogens is 362 g/mol. The highest BCUT2D eigenvalue weighted by atomic mass is 16.5. The van der Waals surface area contributed by atoms with E-state index in [1.165, 1.54) is 18.5 Å². The summed E-state index contributed by atoms with van der Waals surface area (Å²) in [5.41, 5.74) is 3.27. The standard InChI is InChI=1S/C23H27N5O/c1-2-6-21-20(5-1)23(26-22(25-21)17-27-11-3-4-12-27)24-18-7-9-19(10-8-18)28-13-15-29-16-14-28/h1-2,5-10H,3-4,11-17H2,(H,24,25,26). The highest BCUT2D eigenvalue weighted by Gasteiger charge is 2.15. The van der Waals surface area contributed by atoms with Gasteiger partial charge < -0.3 is 15.0 Å². The monoisotopic (exact) mass is 389 g/mol. The second kappa shape index (κ2) is 8.35. The van der Waals surface area contributed by atoms with E-state index in [0.29, 0.717) is 0 Å². The van der Waals surface area contributed by atoms with Crippen LogP contribution in [0.25, 0.3) is 10.9 Å². The molecule has 3 heterocycles. The fraction of sp³-hybridized carbons (Fsp3) is 0.391. The highest BCUT2D eigenvalue weighted by Crippen LogP contribution is 2.26. The third-order valence-electron chi connectivity index (χ3n) is 5.72. The van der Waals surface area contributed by atoms with Gasteiger partial charge in [0.2, 0.25) is 0 Å². The molecule has 2 aliphatic heterocycles. The minimum Gasteiger partial charge on any atom is -0.378 e. The number of morpholine rings is 1. The Labute approximate surface area is 171 Å². The summed E-state index contributed by atoms with van der Waals surface area (Å²) in [7, 11) is 0. The van der Waals surface area contributed by atoms with Crippen LogP contribution >= 0.6 is 0 Å². The molecule has 0 radical (unpaired) electrons. The van der Waals surface area contributed by atoms with Crippen molar-refractivity contribution in [3.05, 3.63) is 54.4 Å². The van der Waals surface area contributed by atoms with Gasteiger partial charge in [-0.25, -0.2) is 9.97 Å². The summed E-state index contributed by atoms with van der Waals surface area (Å²) in [5.74, 6) is 1.77. The number of nitrogens with zero attached hydrogens (tertiary/aromatic N) is 4. The molecule has 2 fully saturated rings. The van der Waals surface area contributed by atoms with E-state index in [-0.39, 0.29) is 0 Å². The Morgan fingerprint density at radius 2 is 1.62 bits per heavy atom. The SMILES string of the molecule is c1ccc2c(Nc3ccc(N4CCOCC4)cc3)nc(CN3CCCC3)nc2c1. The van der Waals surface area contributed by atoms with Crippen LogP contribution in [0.1, 0.15) is 18.7 Å². The van der Waals surface area contributed by atoms with Gasteiger partial charge in [0, 0.05) is 29.9 Å². The van der Waals surface area contributed by atoms with Gasteiger partial charge >= 0.3 is 0 Å². The Hall–Kier alpha value is -2.70. The molecular formula is C23H27N5O. The normalized spacial score (nSPS) is 17.7. The smallest absolute Gasteiger partial charge is 0.145 e. The number of anilines is 3. The first kappa shape index (κ1) is 18.3. The maximum Gasteiger partial charge on any atom is 0.145 e. The lowest BCUT2D eigenvalue weighted by Gasteiger charge is -2.29. The van der Waals surface area contributed by atoms with E-state index >= 15 is 0 Å². The number of hydrogen-bond acceptors (Lipinski definition) is 6. The van der Waals surface area contributed by atoms with Crippen LogP contribution in [-0.2, 0) is 11.3 Å². The average Bonchev–Trinajstić information content (AvgIpc) is 3.28. The van der Waals surface area contributed by atoms with Crippen molar-refractivity contribution in [1.82, 2.24) is 14.9 Å². The van der Waals surface area contributed by atoms with Crippen molar-refractivity contribution in [2.24, 2.45) is 0 Å². The first-order chi connectivity index (χ1) is 14.3. The zero-order valence-corrected chi connectivity index (χ0v) is 16.7. The van der Waals surface area contributed by atoms with Gasteiger partial charge in [-0.3, -0.25) is 4.90 Å². The molecule has 1 N–H and O–H groups in total. The summed E-state index contributed by atoms with van der Waals surface area (Å²) in [4.78, 5) is 14.5. The van der Waals surface area contributed by atoms with Gasteiger partial charge in [-0.1, -0.05) is 12.1 Å². The Bertz CT molecular complexity index is 963. The predicted molar refractivity (Wildman–Crippen MR) is 117 cm³/mol. The predicted octanol–water partition coefficient (Wildman–Crippen LogP) is 3.81. The minimum absolute atomic E-state index is 0.798. The lowest BCUT2D eigenvalue weighted by molar-refractivity contribution is 0.122. The molecule has 0 aliphatic carbocycles. The molecule has 0 atom stereocenters. The number of rotatable bonds is 5.